The summed E-state index contributed by atoms with van der Waals surface area (Å²) < 4.78 is 0. The van der Waals surface area contributed by atoms with Crippen molar-refractivity contribution in [3.8, 4) is 24.3 Å². The number of benzene rings is 3. The SMILES string of the molecule is CCCCCCCCCCCCc1ccsc1C(C#N)(C#N)C1=c2ccccc2=c2cc3c(cc21)=c1ccccc1=C3C(C#N)(C#N)c1sccc1CCCCCCCCCCCC. The van der Waals surface area contributed by atoms with Crippen molar-refractivity contribution in [3.05, 3.63) is 147 Å². The highest BCUT2D eigenvalue weighted by molar-refractivity contribution is 7.10. The van der Waals surface area contributed by atoms with E-state index >= 15 is 0 Å². The highest BCUT2D eigenvalue weighted by Crippen LogP contribution is 2.46. The zero-order valence-corrected chi connectivity index (χ0v) is 39.9. The fourth-order valence-corrected chi connectivity index (χ4v) is 12.6. The average molecular weight is 881 g/mol. The van der Waals surface area contributed by atoms with Gasteiger partial charge in [0.05, 0.1) is 24.3 Å². The van der Waals surface area contributed by atoms with E-state index in [4.69, 9.17) is 0 Å². The number of aryl methyl sites for hydroxylation is 2. The van der Waals surface area contributed by atoms with E-state index in [0.717, 1.165) is 113 Å². The fraction of sp³-hybridized carbons (Fsp3) is 0.448. The number of fused-ring (bicyclic) bond motifs is 4. The topological polar surface area (TPSA) is 95.2 Å². The number of hydrogen-bond donors (Lipinski definition) is 0. The Morgan fingerprint density at radius 2 is 0.703 bits per heavy atom. The van der Waals surface area contributed by atoms with E-state index < -0.39 is 10.8 Å². The Kier molecular flexibility index (Phi) is 16.5. The maximum Gasteiger partial charge on any atom is 0.204 e. The smallest absolute Gasteiger partial charge is 0.196 e. The molecule has 0 atom stereocenters. The Morgan fingerprint density at radius 3 is 1.03 bits per heavy atom. The molecule has 2 aromatic heterocycles. The molecule has 0 unspecified atom stereocenters. The van der Waals surface area contributed by atoms with Crippen LogP contribution in [0.15, 0.2) is 83.6 Å². The second kappa shape index (κ2) is 22.6. The summed E-state index contributed by atoms with van der Waals surface area (Å²) in [6.45, 7) is 4.52. The molecule has 2 aliphatic rings. The van der Waals surface area contributed by atoms with Gasteiger partial charge >= 0.3 is 0 Å². The van der Waals surface area contributed by atoms with Crippen LogP contribution in [-0.4, -0.2) is 0 Å². The van der Waals surface area contributed by atoms with Crippen LogP contribution in [0.2, 0.25) is 0 Å². The molecule has 5 aromatic rings. The van der Waals surface area contributed by atoms with Gasteiger partial charge in [0, 0.05) is 20.9 Å². The number of hydrogen-bond acceptors (Lipinski definition) is 6. The molecule has 0 spiro atoms. The Balaban J connectivity index is 1.21. The molecule has 0 saturated carbocycles. The molecule has 0 aliphatic heterocycles. The average Bonchev–Trinajstić information content (AvgIpc) is 4.14. The minimum absolute atomic E-state index is 0.729. The highest BCUT2D eigenvalue weighted by Gasteiger charge is 2.45. The summed E-state index contributed by atoms with van der Waals surface area (Å²) in [6, 6.07) is 35.2. The normalized spacial score (nSPS) is 12.5. The monoisotopic (exact) mass is 880 g/mol. The van der Waals surface area contributed by atoms with E-state index in [-0.39, 0.29) is 0 Å². The number of nitriles is 4. The van der Waals surface area contributed by atoms with E-state index in [2.05, 4.69) is 74.5 Å². The van der Waals surface area contributed by atoms with Gasteiger partial charge < -0.3 is 0 Å². The van der Waals surface area contributed by atoms with Crippen LogP contribution in [0.5, 0.6) is 0 Å². The second-order valence-electron chi connectivity index (χ2n) is 18.1. The van der Waals surface area contributed by atoms with E-state index in [9.17, 15) is 21.0 Å². The minimum Gasteiger partial charge on any atom is -0.196 e. The van der Waals surface area contributed by atoms with Gasteiger partial charge in [-0.2, -0.15) is 21.0 Å². The highest BCUT2D eigenvalue weighted by atomic mass is 32.1. The summed E-state index contributed by atoms with van der Waals surface area (Å²) >= 11 is 3.04. The van der Waals surface area contributed by atoms with Crippen molar-refractivity contribution < 1.29 is 0 Å². The maximum absolute atomic E-state index is 11.3. The molecule has 0 radical (unpaired) electrons. The lowest BCUT2D eigenvalue weighted by molar-refractivity contribution is 0.556. The van der Waals surface area contributed by atoms with Crippen LogP contribution in [0.4, 0.5) is 0 Å². The van der Waals surface area contributed by atoms with Gasteiger partial charge in [-0.25, -0.2) is 0 Å². The van der Waals surface area contributed by atoms with Gasteiger partial charge in [-0.3, -0.25) is 0 Å². The summed E-state index contributed by atoms with van der Waals surface area (Å²) in [5.41, 5.74) is 2.33. The number of nitrogens with zero attached hydrogens (tertiary/aromatic N) is 4. The van der Waals surface area contributed by atoms with Crippen LogP contribution in [0.3, 0.4) is 0 Å². The van der Waals surface area contributed by atoms with Crippen LogP contribution >= 0.6 is 22.7 Å². The molecule has 0 bridgehead atoms. The Labute approximate surface area is 389 Å². The molecule has 3 aromatic carbocycles. The van der Waals surface area contributed by atoms with Crippen molar-refractivity contribution in [3.63, 3.8) is 0 Å². The second-order valence-corrected chi connectivity index (χ2v) is 20.0. The third-order valence-corrected chi connectivity index (χ3v) is 16.0. The van der Waals surface area contributed by atoms with Gasteiger partial charge in [-0.1, -0.05) is 178 Å². The lowest BCUT2D eigenvalue weighted by Crippen LogP contribution is -2.29. The molecule has 6 heteroatoms. The Bertz CT molecular complexity index is 2680. The van der Waals surface area contributed by atoms with Crippen LogP contribution < -0.4 is 10.4 Å². The molecule has 0 saturated heterocycles. The molecule has 2 heterocycles. The molecular weight excluding hydrogens is 817 g/mol. The molecule has 64 heavy (non-hydrogen) atoms. The first-order valence-corrected chi connectivity index (χ1v) is 26.2. The van der Waals surface area contributed by atoms with Gasteiger partial charge in [0.25, 0.3) is 0 Å². The summed E-state index contributed by atoms with van der Waals surface area (Å²) in [4.78, 5) is 1.64. The van der Waals surface area contributed by atoms with Crippen molar-refractivity contribution >= 4 is 33.8 Å². The molecule has 2 aliphatic carbocycles. The summed E-state index contributed by atoms with van der Waals surface area (Å²) in [5, 5.41) is 54.9. The van der Waals surface area contributed by atoms with E-state index in [1.165, 1.54) is 125 Å². The molecular formula is C58H64N4S2. The number of thiophene rings is 2. The summed E-state index contributed by atoms with van der Waals surface area (Å²) in [5.74, 6) is 0. The maximum atomic E-state index is 11.3. The molecule has 7 rings (SSSR count). The molecule has 0 N–H and O–H groups in total. The zero-order valence-electron chi connectivity index (χ0n) is 38.2. The van der Waals surface area contributed by atoms with Crippen molar-refractivity contribution in [2.45, 2.75) is 166 Å². The first-order valence-electron chi connectivity index (χ1n) is 24.4. The fourth-order valence-electron chi connectivity index (χ4n) is 10.5. The predicted molar refractivity (Wildman–Crippen MR) is 264 cm³/mol. The first kappa shape index (κ1) is 46.7. The van der Waals surface area contributed by atoms with Crippen molar-refractivity contribution in [2.75, 3.05) is 0 Å². The van der Waals surface area contributed by atoms with Crippen LogP contribution in [0.1, 0.15) is 174 Å². The van der Waals surface area contributed by atoms with E-state index in [1.54, 1.807) is 0 Å². The lowest BCUT2D eigenvalue weighted by atomic mass is 9.74. The quantitative estimate of drug-likeness (QED) is 0.0517. The van der Waals surface area contributed by atoms with Gasteiger partial charge in [0.1, 0.15) is 0 Å². The molecule has 328 valence electrons. The number of rotatable bonds is 26. The Morgan fingerprint density at radius 1 is 0.391 bits per heavy atom. The van der Waals surface area contributed by atoms with Gasteiger partial charge in [0.15, 0.2) is 0 Å². The van der Waals surface area contributed by atoms with E-state index in [1.807, 2.05) is 47.2 Å². The van der Waals surface area contributed by atoms with Crippen molar-refractivity contribution in [1.82, 2.24) is 0 Å². The molecule has 0 fully saturated rings. The van der Waals surface area contributed by atoms with Crippen LogP contribution in [-0.2, 0) is 23.7 Å². The largest absolute Gasteiger partial charge is 0.204 e. The lowest BCUT2D eigenvalue weighted by Gasteiger charge is -2.24. The van der Waals surface area contributed by atoms with Crippen molar-refractivity contribution in [2.24, 2.45) is 0 Å². The number of unbranched alkanes of at least 4 members (excludes halogenated alkanes) is 18. The third kappa shape index (κ3) is 9.44. The predicted octanol–water partition coefficient (Wildman–Crippen LogP) is 14.3. The standard InChI is InChI=1S/C58H64N4S2/c1-3-5-7-9-11-13-15-17-19-21-27-43-33-35-63-55(43)57(39-59,40-60)53-47-31-25-23-29-45(47)49-38-52-50(37-51(49)53)46-30-24-26-32-48(46)54(52)58(41-61,42-62)56-44(34-36-64-56)28-22-20-18-16-14-12-10-8-6-4-2/h23-26,29-38H,3-22,27-28H2,1-2H3. The Hall–Kier alpha value is -5.24. The molecule has 4 nitrogen and oxygen atoms in total. The first-order chi connectivity index (χ1) is 31.5. The minimum atomic E-state index is -1.52. The van der Waals surface area contributed by atoms with Gasteiger partial charge in [-0.05, 0) is 114 Å². The van der Waals surface area contributed by atoms with Gasteiger partial charge in [-0.15, -0.1) is 22.7 Å². The van der Waals surface area contributed by atoms with Crippen LogP contribution in [0.25, 0.3) is 11.1 Å². The van der Waals surface area contributed by atoms with E-state index in [0.29, 0.717) is 0 Å². The molecule has 0 amide bonds. The van der Waals surface area contributed by atoms with Crippen LogP contribution in [0, 0.1) is 66.2 Å². The van der Waals surface area contributed by atoms with Crippen molar-refractivity contribution in [1.29, 1.82) is 21.0 Å². The third-order valence-electron chi connectivity index (χ3n) is 13.9. The summed E-state index contributed by atoms with van der Waals surface area (Å²) in [7, 11) is 0. The zero-order chi connectivity index (χ0) is 44.8. The van der Waals surface area contributed by atoms with Gasteiger partial charge in [0.2, 0.25) is 10.8 Å². The summed E-state index contributed by atoms with van der Waals surface area (Å²) in [6.07, 6.45) is 26.8.